The average molecular weight is 237 g/mol. The van der Waals surface area contributed by atoms with Gasteiger partial charge in [-0.25, -0.2) is 4.39 Å². The maximum Gasteiger partial charge on any atom is 0.123 e. The summed E-state index contributed by atoms with van der Waals surface area (Å²) in [7, 11) is 0. The highest BCUT2D eigenvalue weighted by molar-refractivity contribution is 5.25. The molecule has 1 saturated heterocycles. The van der Waals surface area contributed by atoms with Gasteiger partial charge in [-0.1, -0.05) is 6.07 Å². The molecule has 0 aliphatic carbocycles. The third kappa shape index (κ3) is 3.79. The molecule has 0 spiro atoms. The van der Waals surface area contributed by atoms with Gasteiger partial charge in [-0.2, -0.15) is 0 Å². The molecular weight excluding hydrogens is 217 g/mol. The molecule has 0 aromatic heterocycles. The summed E-state index contributed by atoms with van der Waals surface area (Å²) in [6, 6.07) is 4.85. The average Bonchev–Trinajstić information content (AvgIpc) is 2.82. The molecule has 3 heteroatoms. The van der Waals surface area contributed by atoms with Crippen LogP contribution in [0.4, 0.5) is 4.39 Å². The van der Waals surface area contributed by atoms with Gasteiger partial charge < -0.3 is 10.1 Å². The Morgan fingerprint density at radius 3 is 3.12 bits per heavy atom. The summed E-state index contributed by atoms with van der Waals surface area (Å²) in [6.07, 6.45) is 2.35. The second-order valence-electron chi connectivity index (χ2n) is 4.77. The van der Waals surface area contributed by atoms with Crippen molar-refractivity contribution in [2.24, 2.45) is 5.92 Å². The maximum atomic E-state index is 13.0. The molecule has 1 aromatic carbocycles. The first-order valence-electron chi connectivity index (χ1n) is 6.29. The Kier molecular flexibility index (Phi) is 4.51. The first-order valence-corrected chi connectivity index (χ1v) is 6.29. The summed E-state index contributed by atoms with van der Waals surface area (Å²) in [5, 5.41) is 3.34. The molecule has 1 aliphatic heterocycles. The molecule has 0 bridgehead atoms. The Bertz CT molecular complexity index is 361. The molecule has 1 aliphatic rings. The Hall–Kier alpha value is -0.930. The van der Waals surface area contributed by atoms with Crippen molar-refractivity contribution in [3.63, 3.8) is 0 Å². The highest BCUT2D eigenvalue weighted by atomic mass is 19.1. The fourth-order valence-corrected chi connectivity index (χ4v) is 2.19. The smallest absolute Gasteiger partial charge is 0.123 e. The lowest BCUT2D eigenvalue weighted by Gasteiger charge is -2.10. The van der Waals surface area contributed by atoms with Crippen LogP contribution < -0.4 is 5.32 Å². The predicted octanol–water partition coefficient (Wildman–Crippen LogP) is 2.65. The van der Waals surface area contributed by atoms with E-state index in [2.05, 4.69) is 5.32 Å². The molecule has 1 N–H and O–H groups in total. The van der Waals surface area contributed by atoms with E-state index in [0.29, 0.717) is 6.61 Å². The molecule has 17 heavy (non-hydrogen) atoms. The number of benzene rings is 1. The van der Waals surface area contributed by atoms with E-state index in [9.17, 15) is 4.39 Å². The number of hydrogen-bond donors (Lipinski definition) is 1. The predicted molar refractivity (Wildman–Crippen MR) is 66.4 cm³/mol. The van der Waals surface area contributed by atoms with Crippen molar-refractivity contribution in [1.29, 1.82) is 0 Å². The monoisotopic (exact) mass is 237 g/mol. The molecule has 1 heterocycles. The first-order chi connectivity index (χ1) is 8.25. The van der Waals surface area contributed by atoms with Gasteiger partial charge >= 0.3 is 0 Å². The molecule has 94 valence electrons. The van der Waals surface area contributed by atoms with Crippen LogP contribution in [0.15, 0.2) is 18.2 Å². The molecule has 1 unspecified atom stereocenters. The first kappa shape index (κ1) is 12.5. The van der Waals surface area contributed by atoms with Crippen LogP contribution in [0.25, 0.3) is 0 Å². The fraction of sp³-hybridized carbons (Fsp3) is 0.571. The van der Waals surface area contributed by atoms with E-state index in [4.69, 9.17) is 4.74 Å². The van der Waals surface area contributed by atoms with E-state index in [1.54, 1.807) is 12.1 Å². The van der Waals surface area contributed by atoms with Crippen molar-refractivity contribution in [1.82, 2.24) is 5.32 Å². The normalized spacial score (nSPS) is 19.8. The lowest BCUT2D eigenvalue weighted by Crippen LogP contribution is -2.11. The minimum atomic E-state index is -0.186. The lowest BCUT2D eigenvalue weighted by molar-refractivity contribution is 0.108. The van der Waals surface area contributed by atoms with Gasteiger partial charge in [0.15, 0.2) is 0 Å². The van der Waals surface area contributed by atoms with Gasteiger partial charge in [-0.05, 0) is 62.0 Å². The number of nitrogens with one attached hydrogen (secondary N) is 1. The Labute approximate surface area is 102 Å². The van der Waals surface area contributed by atoms with Crippen LogP contribution in [0.5, 0.6) is 0 Å². The van der Waals surface area contributed by atoms with Crippen LogP contribution in [0.3, 0.4) is 0 Å². The van der Waals surface area contributed by atoms with Crippen molar-refractivity contribution >= 4 is 0 Å². The highest BCUT2D eigenvalue weighted by Crippen LogP contribution is 2.14. The van der Waals surface area contributed by atoms with E-state index >= 15 is 0 Å². The molecule has 0 saturated carbocycles. The number of halogens is 1. The topological polar surface area (TPSA) is 21.3 Å². The molecular formula is C14H20FNO. The van der Waals surface area contributed by atoms with Crippen molar-refractivity contribution in [2.75, 3.05) is 19.7 Å². The van der Waals surface area contributed by atoms with Gasteiger partial charge in [-0.3, -0.25) is 0 Å². The van der Waals surface area contributed by atoms with Gasteiger partial charge in [0.2, 0.25) is 0 Å². The number of ether oxygens (including phenoxy) is 1. The van der Waals surface area contributed by atoms with Crippen LogP contribution >= 0.6 is 0 Å². The third-order valence-corrected chi connectivity index (χ3v) is 3.40. The Morgan fingerprint density at radius 1 is 1.47 bits per heavy atom. The van der Waals surface area contributed by atoms with Crippen LogP contribution in [0.2, 0.25) is 0 Å². The van der Waals surface area contributed by atoms with E-state index in [1.807, 2.05) is 6.92 Å². The summed E-state index contributed by atoms with van der Waals surface area (Å²) < 4.78 is 18.7. The van der Waals surface area contributed by atoms with Crippen molar-refractivity contribution in [3.8, 4) is 0 Å². The Morgan fingerprint density at radius 2 is 2.35 bits per heavy atom. The summed E-state index contributed by atoms with van der Waals surface area (Å²) in [4.78, 5) is 0. The van der Waals surface area contributed by atoms with Crippen LogP contribution in [-0.2, 0) is 11.3 Å². The van der Waals surface area contributed by atoms with Crippen molar-refractivity contribution < 1.29 is 9.13 Å². The minimum Gasteiger partial charge on any atom is -0.377 e. The van der Waals surface area contributed by atoms with Gasteiger partial charge in [0.25, 0.3) is 0 Å². The van der Waals surface area contributed by atoms with Crippen LogP contribution in [0.1, 0.15) is 24.0 Å². The van der Waals surface area contributed by atoms with E-state index in [0.717, 1.165) is 43.2 Å². The Balaban J connectivity index is 1.72. The molecule has 2 nitrogen and oxygen atoms in total. The highest BCUT2D eigenvalue weighted by Gasteiger charge is 2.13. The summed E-state index contributed by atoms with van der Waals surface area (Å²) in [5.41, 5.74) is 2.04. The van der Waals surface area contributed by atoms with Crippen molar-refractivity contribution in [3.05, 3.63) is 35.1 Å². The van der Waals surface area contributed by atoms with E-state index in [1.165, 1.54) is 12.5 Å². The SMILES string of the molecule is Cc1ccc(F)cc1COCCC1CCNC1. The number of rotatable bonds is 5. The third-order valence-electron chi connectivity index (χ3n) is 3.40. The molecule has 1 fully saturated rings. The zero-order valence-electron chi connectivity index (χ0n) is 10.3. The largest absolute Gasteiger partial charge is 0.377 e. The summed E-state index contributed by atoms with van der Waals surface area (Å²) in [5.74, 6) is 0.567. The fourth-order valence-electron chi connectivity index (χ4n) is 2.19. The van der Waals surface area contributed by atoms with Gasteiger partial charge in [0, 0.05) is 6.61 Å². The summed E-state index contributed by atoms with van der Waals surface area (Å²) in [6.45, 7) is 5.51. The standard InChI is InChI=1S/C14H20FNO/c1-11-2-3-14(15)8-13(11)10-17-7-5-12-4-6-16-9-12/h2-3,8,12,16H,4-7,9-10H2,1H3. The molecule has 2 rings (SSSR count). The number of hydrogen-bond acceptors (Lipinski definition) is 2. The lowest BCUT2D eigenvalue weighted by atomic mass is 10.1. The van der Waals surface area contributed by atoms with Gasteiger partial charge in [0.05, 0.1) is 6.61 Å². The summed E-state index contributed by atoms with van der Waals surface area (Å²) >= 11 is 0. The van der Waals surface area contributed by atoms with Crippen LogP contribution in [0, 0.1) is 18.7 Å². The van der Waals surface area contributed by atoms with E-state index < -0.39 is 0 Å². The van der Waals surface area contributed by atoms with Gasteiger partial charge in [-0.15, -0.1) is 0 Å². The molecule has 1 atom stereocenters. The maximum absolute atomic E-state index is 13.0. The van der Waals surface area contributed by atoms with Crippen LogP contribution in [-0.4, -0.2) is 19.7 Å². The number of aryl methyl sites for hydroxylation is 1. The van der Waals surface area contributed by atoms with Gasteiger partial charge in [0.1, 0.15) is 5.82 Å². The molecule has 0 amide bonds. The minimum absolute atomic E-state index is 0.186. The van der Waals surface area contributed by atoms with E-state index in [-0.39, 0.29) is 5.82 Å². The quantitative estimate of drug-likeness (QED) is 0.795. The second kappa shape index (κ2) is 6.12. The van der Waals surface area contributed by atoms with Crippen molar-refractivity contribution in [2.45, 2.75) is 26.4 Å². The second-order valence-corrected chi connectivity index (χ2v) is 4.77. The molecule has 1 aromatic rings. The molecule has 0 radical (unpaired) electrons. The zero-order chi connectivity index (χ0) is 12.1. The zero-order valence-corrected chi connectivity index (χ0v) is 10.3.